The number of benzene rings is 3. The first-order valence-corrected chi connectivity index (χ1v) is 10.3. The van der Waals surface area contributed by atoms with Crippen molar-refractivity contribution in [3.05, 3.63) is 101 Å². The van der Waals surface area contributed by atoms with Gasteiger partial charge in [0.25, 0.3) is 17.7 Å². The summed E-state index contributed by atoms with van der Waals surface area (Å²) in [6.45, 7) is -0.744. The van der Waals surface area contributed by atoms with E-state index in [9.17, 15) is 32.3 Å². The highest BCUT2D eigenvalue weighted by molar-refractivity contribution is 6.22. The Morgan fingerprint density at radius 1 is 0.857 bits per heavy atom. The molecule has 1 N–H and O–H groups in total. The largest absolute Gasteiger partial charge is 0.446 e. The quantitative estimate of drug-likeness (QED) is 0.420. The molecule has 0 spiro atoms. The number of amides is 3. The molecule has 1 aliphatic heterocycles. The molecule has 1 aliphatic rings. The maximum Gasteiger partial charge on any atom is 0.416 e. The minimum Gasteiger partial charge on any atom is -0.446 e. The molecule has 0 saturated carbocycles. The van der Waals surface area contributed by atoms with E-state index in [0.29, 0.717) is 4.90 Å². The second kappa shape index (κ2) is 9.41. The molecule has 0 radical (unpaired) electrons. The van der Waals surface area contributed by atoms with Gasteiger partial charge in [-0.25, -0.2) is 0 Å². The molecule has 3 aromatic rings. The van der Waals surface area contributed by atoms with Crippen LogP contribution in [-0.4, -0.2) is 35.1 Å². The zero-order valence-corrected chi connectivity index (χ0v) is 17.9. The minimum absolute atomic E-state index is 0.146. The number of nitrogens with one attached hydrogen (secondary N) is 1. The number of alkyl halides is 3. The van der Waals surface area contributed by atoms with Crippen LogP contribution < -0.4 is 5.32 Å². The molecule has 7 nitrogen and oxygen atoms in total. The summed E-state index contributed by atoms with van der Waals surface area (Å²) < 4.78 is 44.3. The standard InChI is InChI=1S/C25H17F3N2O5/c26-25(27,28)16-9-6-10-17(13-16)29-22(32)21(15-7-2-1-3-8-15)35-20(31)14-30-23(33)18-11-4-5-12-19(18)24(30)34/h1-13,21H,14H2,(H,29,32). The zero-order valence-electron chi connectivity index (χ0n) is 17.9. The van der Waals surface area contributed by atoms with Crippen molar-refractivity contribution in [1.82, 2.24) is 4.90 Å². The van der Waals surface area contributed by atoms with E-state index in [2.05, 4.69) is 5.32 Å². The fraction of sp³-hybridized carbons (Fsp3) is 0.120. The van der Waals surface area contributed by atoms with Crippen molar-refractivity contribution < 1.29 is 37.1 Å². The average Bonchev–Trinajstić information content (AvgIpc) is 3.07. The first-order valence-electron chi connectivity index (χ1n) is 10.3. The Morgan fingerprint density at radius 2 is 1.46 bits per heavy atom. The SMILES string of the molecule is O=C(CN1C(=O)c2ccccc2C1=O)OC(C(=O)Nc1cccc(C(F)(F)F)c1)c1ccccc1. The molecule has 3 amide bonds. The van der Waals surface area contributed by atoms with E-state index >= 15 is 0 Å². The highest BCUT2D eigenvalue weighted by Gasteiger charge is 2.37. The van der Waals surface area contributed by atoms with E-state index in [1.54, 1.807) is 30.3 Å². The molecule has 1 atom stereocenters. The Balaban J connectivity index is 1.52. The molecule has 1 heterocycles. The maximum atomic E-state index is 13.0. The molecular weight excluding hydrogens is 465 g/mol. The van der Waals surface area contributed by atoms with E-state index in [0.717, 1.165) is 18.2 Å². The fourth-order valence-electron chi connectivity index (χ4n) is 3.56. The van der Waals surface area contributed by atoms with Gasteiger partial charge in [-0.05, 0) is 30.3 Å². The molecule has 35 heavy (non-hydrogen) atoms. The molecule has 0 aliphatic carbocycles. The number of esters is 1. The predicted octanol–water partition coefficient (Wildman–Crippen LogP) is 4.22. The smallest absolute Gasteiger partial charge is 0.416 e. The Labute approximate surface area is 197 Å². The van der Waals surface area contributed by atoms with Crippen LogP contribution in [0, 0.1) is 0 Å². The van der Waals surface area contributed by atoms with Crippen LogP contribution in [0.3, 0.4) is 0 Å². The zero-order chi connectivity index (χ0) is 25.2. The van der Waals surface area contributed by atoms with Crippen LogP contribution in [0.1, 0.15) is 37.9 Å². The van der Waals surface area contributed by atoms with Crippen LogP contribution >= 0.6 is 0 Å². The Hall–Kier alpha value is -4.47. The number of fused-ring (bicyclic) bond motifs is 1. The lowest BCUT2D eigenvalue weighted by Gasteiger charge is -2.20. The lowest BCUT2D eigenvalue weighted by molar-refractivity contribution is -0.154. The monoisotopic (exact) mass is 482 g/mol. The highest BCUT2D eigenvalue weighted by atomic mass is 19.4. The van der Waals surface area contributed by atoms with E-state index < -0.39 is 48.1 Å². The normalized spacial score (nSPS) is 13.9. The number of hydrogen-bond donors (Lipinski definition) is 1. The Morgan fingerprint density at radius 3 is 2.06 bits per heavy atom. The number of nitrogens with zero attached hydrogens (tertiary/aromatic N) is 1. The van der Waals surface area contributed by atoms with Gasteiger partial charge in [0.2, 0.25) is 6.10 Å². The molecule has 0 fully saturated rings. The second-order valence-electron chi connectivity index (χ2n) is 7.59. The Kier molecular flexibility index (Phi) is 6.37. The summed E-state index contributed by atoms with van der Waals surface area (Å²) >= 11 is 0. The van der Waals surface area contributed by atoms with Crippen LogP contribution in [0.15, 0.2) is 78.9 Å². The van der Waals surface area contributed by atoms with Gasteiger partial charge in [0, 0.05) is 11.3 Å². The summed E-state index contributed by atoms with van der Waals surface area (Å²) in [6, 6.07) is 17.9. The van der Waals surface area contributed by atoms with E-state index in [-0.39, 0.29) is 22.4 Å². The Bertz CT molecular complexity index is 1270. The molecule has 10 heteroatoms. The number of carbonyl (C=O) groups excluding carboxylic acids is 4. The van der Waals surface area contributed by atoms with Gasteiger partial charge >= 0.3 is 12.1 Å². The first-order chi connectivity index (χ1) is 16.6. The molecule has 0 saturated heterocycles. The average molecular weight is 482 g/mol. The van der Waals surface area contributed by atoms with Gasteiger partial charge in [0.05, 0.1) is 16.7 Å². The van der Waals surface area contributed by atoms with Gasteiger partial charge in [-0.3, -0.25) is 24.1 Å². The van der Waals surface area contributed by atoms with Crippen LogP contribution in [0.4, 0.5) is 18.9 Å². The van der Waals surface area contributed by atoms with Crippen molar-refractivity contribution in [2.24, 2.45) is 0 Å². The molecule has 0 aromatic heterocycles. The van der Waals surface area contributed by atoms with Gasteiger partial charge in [-0.15, -0.1) is 0 Å². The van der Waals surface area contributed by atoms with Gasteiger partial charge in [-0.1, -0.05) is 48.5 Å². The number of halogens is 3. The third-order valence-electron chi connectivity index (χ3n) is 5.21. The van der Waals surface area contributed by atoms with Crippen molar-refractivity contribution in [1.29, 1.82) is 0 Å². The van der Waals surface area contributed by atoms with E-state index in [1.807, 2.05) is 0 Å². The van der Waals surface area contributed by atoms with Gasteiger partial charge in [-0.2, -0.15) is 13.2 Å². The van der Waals surface area contributed by atoms with Crippen molar-refractivity contribution in [3.8, 4) is 0 Å². The number of anilines is 1. The van der Waals surface area contributed by atoms with Gasteiger partial charge in [0.15, 0.2) is 0 Å². The third kappa shape index (κ3) is 5.06. The minimum atomic E-state index is -4.61. The summed E-state index contributed by atoms with van der Waals surface area (Å²) in [5.74, 6) is -3.31. The van der Waals surface area contributed by atoms with Crippen LogP contribution in [0.5, 0.6) is 0 Å². The molecular formula is C25H17F3N2O5. The van der Waals surface area contributed by atoms with Crippen LogP contribution in [0.25, 0.3) is 0 Å². The maximum absolute atomic E-state index is 13.0. The van der Waals surface area contributed by atoms with Crippen LogP contribution in [-0.2, 0) is 20.5 Å². The van der Waals surface area contributed by atoms with Crippen molar-refractivity contribution in [3.63, 3.8) is 0 Å². The van der Waals surface area contributed by atoms with E-state index in [4.69, 9.17) is 4.74 Å². The van der Waals surface area contributed by atoms with Crippen molar-refractivity contribution in [2.75, 3.05) is 11.9 Å². The van der Waals surface area contributed by atoms with E-state index in [1.165, 1.54) is 30.3 Å². The number of ether oxygens (including phenoxy) is 1. The number of hydrogen-bond acceptors (Lipinski definition) is 5. The molecule has 1 unspecified atom stereocenters. The predicted molar refractivity (Wildman–Crippen MR) is 117 cm³/mol. The summed E-state index contributed by atoms with van der Waals surface area (Å²) in [4.78, 5) is 51.3. The highest BCUT2D eigenvalue weighted by Crippen LogP contribution is 2.31. The van der Waals surface area contributed by atoms with Crippen LogP contribution in [0.2, 0.25) is 0 Å². The lowest BCUT2D eigenvalue weighted by atomic mass is 10.1. The number of carbonyl (C=O) groups is 4. The number of rotatable bonds is 6. The fourth-order valence-corrected chi connectivity index (χ4v) is 3.56. The molecule has 178 valence electrons. The topological polar surface area (TPSA) is 92.8 Å². The second-order valence-corrected chi connectivity index (χ2v) is 7.59. The van der Waals surface area contributed by atoms with Gasteiger partial charge in [0.1, 0.15) is 6.54 Å². The molecule has 0 bridgehead atoms. The lowest BCUT2D eigenvalue weighted by Crippen LogP contribution is -2.37. The van der Waals surface area contributed by atoms with Crippen molar-refractivity contribution >= 4 is 29.4 Å². The summed E-state index contributed by atoms with van der Waals surface area (Å²) in [5.41, 5.74) is -0.580. The summed E-state index contributed by atoms with van der Waals surface area (Å²) in [6.07, 6.45) is -6.16. The summed E-state index contributed by atoms with van der Waals surface area (Å²) in [7, 11) is 0. The summed E-state index contributed by atoms with van der Waals surface area (Å²) in [5, 5.41) is 2.32. The third-order valence-corrected chi connectivity index (χ3v) is 5.21. The van der Waals surface area contributed by atoms with Crippen molar-refractivity contribution in [2.45, 2.75) is 12.3 Å². The first kappa shape index (κ1) is 23.7. The van der Waals surface area contributed by atoms with Gasteiger partial charge < -0.3 is 10.1 Å². The molecule has 3 aromatic carbocycles. The molecule has 4 rings (SSSR count). The number of imide groups is 1.